The van der Waals surface area contributed by atoms with Gasteiger partial charge in [-0.25, -0.2) is 4.98 Å². The minimum absolute atomic E-state index is 0.0329. The Kier molecular flexibility index (Phi) is 4.62. The fourth-order valence-corrected chi connectivity index (χ4v) is 2.68. The maximum atomic E-state index is 12.2. The smallest absolute Gasteiger partial charge is 0.280 e. The van der Waals surface area contributed by atoms with E-state index in [0.717, 1.165) is 0 Å². The van der Waals surface area contributed by atoms with E-state index in [1.54, 1.807) is 35.9 Å². The predicted octanol–water partition coefficient (Wildman–Crippen LogP) is 0.955. The van der Waals surface area contributed by atoms with Crippen LogP contribution < -0.4 is 4.72 Å². The fraction of sp³-hybridized carbons (Fsp3) is 0.214. The number of para-hydroxylation sites is 1. The number of nitrogens with zero attached hydrogens (tertiary/aromatic N) is 2. The molecule has 110 valence electrons. The zero-order valence-electron chi connectivity index (χ0n) is 11.4. The van der Waals surface area contributed by atoms with Gasteiger partial charge in [-0.05, 0) is 12.1 Å². The van der Waals surface area contributed by atoms with Gasteiger partial charge in [-0.2, -0.15) is 8.42 Å². The van der Waals surface area contributed by atoms with Gasteiger partial charge in [-0.1, -0.05) is 24.0 Å². The third-order valence-electron chi connectivity index (χ3n) is 2.59. The summed E-state index contributed by atoms with van der Waals surface area (Å²) in [5.74, 6) is 5.60. The Morgan fingerprint density at radius 3 is 2.81 bits per heavy atom. The molecule has 0 radical (unpaired) electrons. The summed E-state index contributed by atoms with van der Waals surface area (Å²) in [4.78, 5) is 3.83. The molecule has 0 saturated carbocycles. The van der Waals surface area contributed by atoms with Crippen LogP contribution >= 0.6 is 0 Å². The molecule has 0 unspecified atom stereocenters. The average Bonchev–Trinajstić information content (AvgIpc) is 2.88. The van der Waals surface area contributed by atoms with Crippen molar-refractivity contribution in [2.75, 3.05) is 11.3 Å². The summed E-state index contributed by atoms with van der Waals surface area (Å²) in [6.45, 7) is -0.0329. The number of aliphatic hydroxyl groups excluding tert-OH is 1. The highest BCUT2D eigenvalue weighted by atomic mass is 32.2. The Hall–Kier alpha value is -2.30. The van der Waals surface area contributed by atoms with Crippen molar-refractivity contribution in [3.05, 3.63) is 42.4 Å². The minimum atomic E-state index is -3.74. The summed E-state index contributed by atoms with van der Waals surface area (Å²) in [6, 6.07) is 6.82. The maximum absolute atomic E-state index is 12.2. The summed E-state index contributed by atoms with van der Waals surface area (Å²) < 4.78 is 28.5. The fourth-order valence-electron chi connectivity index (χ4n) is 1.62. The normalized spacial score (nSPS) is 10.8. The molecule has 2 aromatic rings. The van der Waals surface area contributed by atoms with Gasteiger partial charge in [-0.3, -0.25) is 4.72 Å². The van der Waals surface area contributed by atoms with Crippen LogP contribution in [0.15, 0.2) is 41.8 Å². The van der Waals surface area contributed by atoms with Crippen LogP contribution in [0.25, 0.3) is 0 Å². The Labute approximate surface area is 123 Å². The lowest BCUT2D eigenvalue weighted by molar-refractivity contribution is 0.305. The highest BCUT2D eigenvalue weighted by molar-refractivity contribution is 7.92. The first-order valence-electron chi connectivity index (χ1n) is 6.22. The zero-order valence-corrected chi connectivity index (χ0v) is 12.3. The van der Waals surface area contributed by atoms with Crippen molar-refractivity contribution in [3.63, 3.8) is 0 Å². The van der Waals surface area contributed by atoms with E-state index in [-0.39, 0.29) is 11.6 Å². The van der Waals surface area contributed by atoms with Gasteiger partial charge < -0.3 is 9.67 Å². The first-order chi connectivity index (χ1) is 10.0. The van der Waals surface area contributed by atoms with Gasteiger partial charge in [0.25, 0.3) is 10.0 Å². The molecule has 2 rings (SSSR count). The molecule has 21 heavy (non-hydrogen) atoms. The Balaban J connectivity index is 2.30. The molecular formula is C14H15N3O3S. The van der Waals surface area contributed by atoms with E-state index in [4.69, 9.17) is 5.11 Å². The lowest BCUT2D eigenvalue weighted by atomic mass is 10.2. The third kappa shape index (κ3) is 3.84. The summed E-state index contributed by atoms with van der Waals surface area (Å²) in [7, 11) is -2.05. The Bertz CT molecular complexity index is 785. The number of hydrogen-bond donors (Lipinski definition) is 2. The van der Waals surface area contributed by atoms with E-state index >= 15 is 0 Å². The lowest BCUT2D eigenvalue weighted by Gasteiger charge is -2.07. The van der Waals surface area contributed by atoms with Gasteiger partial charge >= 0.3 is 0 Å². The molecule has 1 aromatic heterocycles. The number of aliphatic hydroxyl groups is 1. The van der Waals surface area contributed by atoms with E-state index < -0.39 is 10.0 Å². The SMILES string of the molecule is Cn1cnc(S(=O)(=O)Nc2ccccc2C#CCCO)c1. The molecule has 2 N–H and O–H groups in total. The second-order valence-corrected chi connectivity index (χ2v) is 5.93. The largest absolute Gasteiger partial charge is 0.395 e. The van der Waals surface area contributed by atoms with Gasteiger partial charge in [0.15, 0.2) is 5.03 Å². The van der Waals surface area contributed by atoms with Crippen molar-refractivity contribution < 1.29 is 13.5 Å². The monoisotopic (exact) mass is 305 g/mol. The number of nitrogens with one attached hydrogen (secondary N) is 1. The predicted molar refractivity (Wildman–Crippen MR) is 79.0 cm³/mol. The highest BCUT2D eigenvalue weighted by Crippen LogP contribution is 2.18. The molecule has 0 aliphatic carbocycles. The van der Waals surface area contributed by atoms with E-state index in [1.807, 2.05) is 0 Å². The van der Waals surface area contributed by atoms with Crippen LogP contribution in [0, 0.1) is 11.8 Å². The molecule has 6 nitrogen and oxygen atoms in total. The van der Waals surface area contributed by atoms with Gasteiger partial charge in [0.05, 0.1) is 18.6 Å². The number of anilines is 1. The highest BCUT2D eigenvalue weighted by Gasteiger charge is 2.18. The minimum Gasteiger partial charge on any atom is -0.395 e. The first-order valence-corrected chi connectivity index (χ1v) is 7.71. The number of sulfonamides is 1. The topological polar surface area (TPSA) is 84.2 Å². The third-order valence-corrected chi connectivity index (χ3v) is 3.84. The average molecular weight is 305 g/mol. The number of imidazole rings is 1. The van der Waals surface area contributed by atoms with Crippen molar-refractivity contribution in [3.8, 4) is 11.8 Å². The van der Waals surface area contributed by atoms with Crippen molar-refractivity contribution in [2.45, 2.75) is 11.4 Å². The maximum Gasteiger partial charge on any atom is 0.280 e. The quantitative estimate of drug-likeness (QED) is 0.824. The molecule has 0 amide bonds. The van der Waals surface area contributed by atoms with Crippen molar-refractivity contribution in [1.29, 1.82) is 0 Å². The summed E-state index contributed by atoms with van der Waals surface area (Å²) in [6.07, 6.45) is 3.17. The molecule has 0 saturated heterocycles. The molecule has 0 atom stereocenters. The number of benzene rings is 1. The molecule has 0 aliphatic heterocycles. The number of rotatable bonds is 4. The Morgan fingerprint density at radius 1 is 1.38 bits per heavy atom. The standard InChI is InChI=1S/C14H15N3O3S/c1-17-10-14(15-11-17)21(19,20)16-13-8-3-2-6-12(13)7-4-5-9-18/h2-3,6,8,10-11,16,18H,5,9H2,1H3. The molecule has 1 heterocycles. The summed E-state index contributed by atoms with van der Waals surface area (Å²) in [5, 5.41) is 8.67. The molecule has 0 fully saturated rings. The first kappa shape index (κ1) is 15.1. The van der Waals surface area contributed by atoms with Gasteiger partial charge in [0.1, 0.15) is 0 Å². The van der Waals surface area contributed by atoms with E-state index in [9.17, 15) is 8.42 Å². The van der Waals surface area contributed by atoms with Crippen molar-refractivity contribution in [1.82, 2.24) is 9.55 Å². The molecule has 0 spiro atoms. The van der Waals surface area contributed by atoms with Crippen LogP contribution in [0.5, 0.6) is 0 Å². The summed E-state index contributed by atoms with van der Waals surface area (Å²) in [5.41, 5.74) is 0.930. The second-order valence-electron chi connectivity index (χ2n) is 4.30. The van der Waals surface area contributed by atoms with Gasteiger partial charge in [0.2, 0.25) is 0 Å². The summed E-state index contributed by atoms with van der Waals surface area (Å²) >= 11 is 0. The number of aryl methyl sites for hydroxylation is 1. The van der Waals surface area contributed by atoms with Crippen LogP contribution in [-0.4, -0.2) is 29.7 Å². The van der Waals surface area contributed by atoms with Gasteiger partial charge in [-0.15, -0.1) is 0 Å². The number of hydrogen-bond acceptors (Lipinski definition) is 4. The van der Waals surface area contributed by atoms with Crippen LogP contribution in [0.2, 0.25) is 0 Å². The van der Waals surface area contributed by atoms with Crippen LogP contribution in [-0.2, 0) is 17.1 Å². The van der Waals surface area contributed by atoms with Crippen LogP contribution in [0.1, 0.15) is 12.0 Å². The van der Waals surface area contributed by atoms with Crippen LogP contribution in [0.4, 0.5) is 5.69 Å². The van der Waals surface area contributed by atoms with Crippen molar-refractivity contribution >= 4 is 15.7 Å². The molecular weight excluding hydrogens is 290 g/mol. The molecule has 0 aliphatic rings. The second kappa shape index (κ2) is 6.43. The van der Waals surface area contributed by atoms with E-state index in [0.29, 0.717) is 17.7 Å². The lowest BCUT2D eigenvalue weighted by Crippen LogP contribution is -2.14. The molecule has 0 bridgehead atoms. The van der Waals surface area contributed by atoms with E-state index in [1.165, 1.54) is 12.5 Å². The van der Waals surface area contributed by atoms with Crippen LogP contribution in [0.3, 0.4) is 0 Å². The Morgan fingerprint density at radius 2 is 2.14 bits per heavy atom. The molecule has 7 heteroatoms. The van der Waals surface area contributed by atoms with Crippen molar-refractivity contribution in [2.24, 2.45) is 7.05 Å². The molecule has 1 aromatic carbocycles. The van der Waals surface area contributed by atoms with Gasteiger partial charge in [0, 0.05) is 25.2 Å². The van der Waals surface area contributed by atoms with E-state index in [2.05, 4.69) is 21.5 Å². The number of aromatic nitrogens is 2. The zero-order chi connectivity index (χ0) is 15.3.